The third kappa shape index (κ3) is 7.72. The fourth-order valence-electron chi connectivity index (χ4n) is 4.25. The summed E-state index contributed by atoms with van der Waals surface area (Å²) in [5.74, 6) is 0.251. The van der Waals surface area contributed by atoms with Gasteiger partial charge in [0, 0.05) is 6.07 Å². The number of halogens is 3. The number of amidine groups is 1. The summed E-state index contributed by atoms with van der Waals surface area (Å²) in [7, 11) is 0. The fraction of sp³-hybridized carbons (Fsp3) is 0.241. The van der Waals surface area contributed by atoms with Gasteiger partial charge in [0.15, 0.2) is 17.6 Å². The molecule has 1 saturated heterocycles. The number of aromatic nitrogens is 4. The monoisotopic (exact) mass is 625 g/mol. The molecule has 0 spiro atoms. The Morgan fingerprint density at radius 3 is 2.61 bits per heavy atom. The molecule has 1 aliphatic rings. The number of anilines is 2. The Kier molecular flexibility index (Phi) is 9.13. The third-order valence-corrected chi connectivity index (χ3v) is 7.10. The van der Waals surface area contributed by atoms with Crippen molar-refractivity contribution in [3.8, 4) is 17.3 Å². The smallest absolute Gasteiger partial charge is 0.469 e. The molecule has 5 rings (SSSR count). The van der Waals surface area contributed by atoms with Gasteiger partial charge in [0.2, 0.25) is 11.8 Å². The van der Waals surface area contributed by atoms with Crippen LogP contribution in [0.25, 0.3) is 5.69 Å². The first-order valence-corrected chi connectivity index (χ1v) is 14.4. The molecule has 3 amide bonds. The summed E-state index contributed by atoms with van der Waals surface area (Å²) in [4.78, 5) is 39.5. The van der Waals surface area contributed by atoms with E-state index in [1.165, 1.54) is 58.1 Å². The van der Waals surface area contributed by atoms with Gasteiger partial charge in [-0.1, -0.05) is 37.2 Å². The number of carbonyl (C=O) groups excluding carboxylic acids is 2. The topological polar surface area (TPSA) is 124 Å². The first kappa shape index (κ1) is 30.5. The molecule has 2 aromatic carbocycles. The lowest BCUT2D eigenvalue weighted by Crippen LogP contribution is -2.31. The zero-order valence-corrected chi connectivity index (χ0v) is 24.4. The van der Waals surface area contributed by atoms with Crippen LogP contribution in [0.15, 0.2) is 72.1 Å². The number of rotatable bonds is 9. The van der Waals surface area contributed by atoms with Crippen LogP contribution in [0, 0.1) is 6.92 Å². The Balaban J connectivity index is 1.17. The highest BCUT2D eigenvalue weighted by atomic mass is 32.2. The number of ether oxygens (including phenoxy) is 2. The molecule has 0 unspecified atom stereocenters. The molecular formula is C29H26F3N7O4S. The minimum Gasteiger partial charge on any atom is -0.469 e. The minimum atomic E-state index is -4.77. The van der Waals surface area contributed by atoms with Gasteiger partial charge in [-0.05, 0) is 60.9 Å². The highest BCUT2D eigenvalue weighted by Crippen LogP contribution is 2.31. The highest BCUT2D eigenvalue weighted by Gasteiger charge is 2.32. The number of urea groups is 1. The second kappa shape index (κ2) is 13.2. The lowest BCUT2D eigenvalue weighted by Gasteiger charge is -2.20. The maximum absolute atomic E-state index is 12.7. The Bertz CT molecular complexity index is 1680. The number of nitrogens with zero attached hydrogens (tertiary/aromatic N) is 6. The third-order valence-electron chi connectivity index (χ3n) is 6.17. The molecule has 1 N–H and O–H groups in total. The number of carbonyl (C=O) groups is 2. The zero-order chi connectivity index (χ0) is 31.3. The molecular weight excluding hydrogens is 599 g/mol. The minimum absolute atomic E-state index is 0.0330. The van der Waals surface area contributed by atoms with E-state index >= 15 is 0 Å². The van der Waals surface area contributed by atoms with Gasteiger partial charge in [0.25, 0.3) is 0 Å². The van der Waals surface area contributed by atoms with Crippen LogP contribution < -0.4 is 19.7 Å². The summed E-state index contributed by atoms with van der Waals surface area (Å²) >= 11 is 1.20. The van der Waals surface area contributed by atoms with Gasteiger partial charge in [-0.25, -0.2) is 19.4 Å². The first-order chi connectivity index (χ1) is 21.1. The van der Waals surface area contributed by atoms with Gasteiger partial charge in [0.1, 0.15) is 12.1 Å². The molecule has 228 valence electrons. The maximum atomic E-state index is 12.7. The molecule has 0 aliphatic carbocycles. The van der Waals surface area contributed by atoms with Crippen molar-refractivity contribution in [1.82, 2.24) is 19.7 Å². The highest BCUT2D eigenvalue weighted by molar-refractivity contribution is 8.15. The van der Waals surface area contributed by atoms with E-state index in [4.69, 9.17) is 4.74 Å². The predicted octanol–water partition coefficient (Wildman–Crippen LogP) is 6.07. The number of thioether (sulfide) groups is 1. The van der Waals surface area contributed by atoms with Gasteiger partial charge in [-0.2, -0.15) is 4.99 Å². The van der Waals surface area contributed by atoms with Crippen LogP contribution in [0.5, 0.6) is 11.6 Å². The summed E-state index contributed by atoms with van der Waals surface area (Å²) in [5, 5.41) is 7.20. The van der Waals surface area contributed by atoms with Crippen molar-refractivity contribution in [3.63, 3.8) is 0 Å². The number of amides is 3. The number of aliphatic imine (C=N–C) groups is 1. The lowest BCUT2D eigenvalue weighted by molar-refractivity contribution is -0.274. The number of hydrogen-bond donors (Lipinski definition) is 1. The van der Waals surface area contributed by atoms with E-state index in [2.05, 4.69) is 37.0 Å². The van der Waals surface area contributed by atoms with Crippen LogP contribution in [-0.2, 0) is 17.8 Å². The van der Waals surface area contributed by atoms with E-state index in [0.29, 0.717) is 22.4 Å². The van der Waals surface area contributed by atoms with Crippen LogP contribution in [0.1, 0.15) is 30.3 Å². The number of aryl methyl sites for hydroxylation is 2. The molecule has 4 aromatic rings. The quantitative estimate of drug-likeness (QED) is 0.238. The van der Waals surface area contributed by atoms with E-state index in [-0.39, 0.29) is 29.9 Å². The van der Waals surface area contributed by atoms with Crippen molar-refractivity contribution in [2.75, 3.05) is 16.0 Å². The molecule has 0 bridgehead atoms. The van der Waals surface area contributed by atoms with E-state index in [1.807, 2.05) is 25.1 Å². The molecule has 0 atom stereocenters. The van der Waals surface area contributed by atoms with Crippen molar-refractivity contribution in [3.05, 3.63) is 84.1 Å². The van der Waals surface area contributed by atoms with Crippen LogP contribution in [0.4, 0.5) is 29.3 Å². The van der Waals surface area contributed by atoms with Gasteiger partial charge >= 0.3 is 12.4 Å². The molecule has 11 nitrogen and oxygen atoms in total. The molecule has 0 saturated carbocycles. The summed E-state index contributed by atoms with van der Waals surface area (Å²) in [6, 6.07) is 13.6. The summed E-state index contributed by atoms with van der Waals surface area (Å²) < 4.78 is 47.9. The number of benzene rings is 2. The van der Waals surface area contributed by atoms with E-state index in [1.54, 1.807) is 12.1 Å². The van der Waals surface area contributed by atoms with E-state index in [9.17, 15) is 22.8 Å². The average molecular weight is 626 g/mol. The van der Waals surface area contributed by atoms with Gasteiger partial charge in [-0.3, -0.25) is 9.69 Å². The molecule has 0 radical (unpaired) electrons. The van der Waals surface area contributed by atoms with E-state index in [0.717, 1.165) is 29.7 Å². The van der Waals surface area contributed by atoms with Crippen LogP contribution >= 0.6 is 11.8 Å². The Morgan fingerprint density at radius 2 is 1.91 bits per heavy atom. The van der Waals surface area contributed by atoms with Crippen LogP contribution in [-0.4, -0.2) is 49.0 Å². The maximum Gasteiger partial charge on any atom is 0.573 e. The SMILES string of the molecule is CCCc1ccc(C)cc1N1C(=O)CS/C1=N\C(=O)Nc1ccc(OCc2ncn(-c3ccc(OC(F)(F)F)cc3)n2)nc1. The number of hydrogen-bond acceptors (Lipinski definition) is 8. The van der Waals surface area contributed by atoms with Crippen LogP contribution in [0.2, 0.25) is 0 Å². The number of pyridine rings is 1. The normalized spacial score (nSPS) is 14.2. The average Bonchev–Trinajstić information content (AvgIpc) is 3.60. The second-order valence-corrected chi connectivity index (χ2v) is 10.5. The predicted molar refractivity (Wildman–Crippen MR) is 158 cm³/mol. The molecule has 15 heteroatoms. The van der Waals surface area contributed by atoms with Crippen molar-refractivity contribution < 1.29 is 32.2 Å². The lowest BCUT2D eigenvalue weighted by atomic mass is 10.0. The largest absolute Gasteiger partial charge is 0.573 e. The number of nitrogens with one attached hydrogen (secondary N) is 1. The molecule has 2 aromatic heterocycles. The second-order valence-electron chi connectivity index (χ2n) is 9.55. The Hall–Kier alpha value is -4.92. The molecule has 3 heterocycles. The van der Waals surface area contributed by atoms with Crippen molar-refractivity contribution in [2.24, 2.45) is 4.99 Å². The van der Waals surface area contributed by atoms with Crippen molar-refractivity contribution in [1.29, 1.82) is 0 Å². The van der Waals surface area contributed by atoms with Gasteiger partial charge in [-0.15, -0.1) is 18.3 Å². The van der Waals surface area contributed by atoms with Crippen molar-refractivity contribution >= 4 is 40.2 Å². The van der Waals surface area contributed by atoms with Crippen LogP contribution in [0.3, 0.4) is 0 Å². The summed E-state index contributed by atoms with van der Waals surface area (Å²) in [6.07, 6.45) is -0.280. The van der Waals surface area contributed by atoms with E-state index < -0.39 is 12.4 Å². The first-order valence-electron chi connectivity index (χ1n) is 13.4. The standard InChI is InChI=1S/C29H26F3N7O4S/c1-3-4-19-6-5-18(2)13-23(19)39-26(40)16-44-28(39)36-27(41)35-20-7-12-25(33-14-20)42-15-24-34-17-38(37-24)21-8-10-22(11-9-21)43-29(30,31)32/h5-14,17H,3-4,15-16H2,1-2H3,(H,35,41)/b36-28-. The van der Waals surface area contributed by atoms with Crippen molar-refractivity contribution in [2.45, 2.75) is 39.7 Å². The number of alkyl halides is 3. The fourth-order valence-corrected chi connectivity index (χ4v) is 5.11. The van der Waals surface area contributed by atoms with Gasteiger partial charge < -0.3 is 14.8 Å². The Morgan fingerprint density at radius 1 is 1.11 bits per heavy atom. The molecule has 44 heavy (non-hydrogen) atoms. The molecule has 1 fully saturated rings. The summed E-state index contributed by atoms with van der Waals surface area (Å²) in [5.41, 5.74) is 3.60. The summed E-state index contributed by atoms with van der Waals surface area (Å²) in [6.45, 7) is 3.98. The zero-order valence-electron chi connectivity index (χ0n) is 23.5. The molecule has 1 aliphatic heterocycles. The van der Waals surface area contributed by atoms with Gasteiger partial charge in [0.05, 0.1) is 29.0 Å². The Labute approximate surface area is 254 Å².